The van der Waals surface area contributed by atoms with Crippen molar-refractivity contribution in [1.29, 1.82) is 0 Å². The van der Waals surface area contributed by atoms with Crippen LogP contribution >= 0.6 is 0 Å². The van der Waals surface area contributed by atoms with E-state index in [2.05, 4.69) is 51.4 Å². The Morgan fingerprint density at radius 1 is 1.00 bits per heavy atom. The lowest BCUT2D eigenvalue weighted by Gasteiger charge is -2.19. The fraction of sp³-hybridized carbons (Fsp3) is 0.429. The number of hydrogen-bond acceptors (Lipinski definition) is 4. The number of nitrogens with zero attached hydrogens (tertiary/aromatic N) is 3. The minimum absolute atomic E-state index is 0.0696. The molecular formula is C21H28N4O2S. The van der Waals surface area contributed by atoms with E-state index in [4.69, 9.17) is 4.98 Å². The molecule has 28 heavy (non-hydrogen) atoms. The van der Waals surface area contributed by atoms with Gasteiger partial charge in [-0.1, -0.05) is 52.8 Å². The zero-order valence-corrected chi connectivity index (χ0v) is 18.1. The van der Waals surface area contributed by atoms with Gasteiger partial charge in [0.1, 0.15) is 0 Å². The van der Waals surface area contributed by atoms with Crippen LogP contribution in [0.2, 0.25) is 0 Å². The molecule has 1 aromatic carbocycles. The van der Waals surface area contributed by atoms with Crippen molar-refractivity contribution in [3.8, 4) is 0 Å². The molecule has 2 aromatic heterocycles. The van der Waals surface area contributed by atoms with Crippen molar-refractivity contribution in [1.82, 2.24) is 14.8 Å². The molecule has 0 amide bonds. The summed E-state index contributed by atoms with van der Waals surface area (Å²) in [5, 5.41) is 5.30. The lowest BCUT2D eigenvalue weighted by molar-refractivity contribution is 0.384. The summed E-state index contributed by atoms with van der Waals surface area (Å²) < 4.78 is 30.1. The van der Waals surface area contributed by atoms with E-state index in [1.165, 1.54) is 0 Å². The van der Waals surface area contributed by atoms with Gasteiger partial charge in [-0.25, -0.2) is 18.1 Å². The Labute approximate surface area is 167 Å². The molecule has 1 unspecified atom stereocenters. The van der Waals surface area contributed by atoms with Gasteiger partial charge in [0.15, 0.2) is 11.5 Å². The smallest absolute Gasteiger partial charge is 0.261 e. The Bertz CT molecular complexity index is 1080. The Kier molecular flexibility index (Phi) is 5.23. The van der Waals surface area contributed by atoms with Crippen LogP contribution in [0.3, 0.4) is 0 Å². The molecule has 0 aliphatic heterocycles. The van der Waals surface area contributed by atoms with Gasteiger partial charge < -0.3 is 0 Å². The fourth-order valence-electron chi connectivity index (χ4n) is 2.86. The minimum atomic E-state index is -3.73. The second kappa shape index (κ2) is 7.20. The monoisotopic (exact) mass is 400 g/mol. The average Bonchev–Trinajstić information content (AvgIpc) is 2.98. The molecule has 1 atom stereocenters. The van der Waals surface area contributed by atoms with Crippen LogP contribution in [0.25, 0.3) is 11.0 Å². The average molecular weight is 401 g/mol. The molecule has 0 fully saturated rings. The highest BCUT2D eigenvalue weighted by atomic mass is 32.2. The second-order valence-electron chi connectivity index (χ2n) is 8.51. The van der Waals surface area contributed by atoms with Gasteiger partial charge in [-0.2, -0.15) is 5.10 Å². The molecule has 6 nitrogen and oxygen atoms in total. The van der Waals surface area contributed by atoms with Crippen LogP contribution in [0.5, 0.6) is 0 Å². The number of hydrogen-bond donors (Lipinski definition) is 1. The summed E-state index contributed by atoms with van der Waals surface area (Å²) in [6, 6.07) is 12.2. The highest BCUT2D eigenvalue weighted by molar-refractivity contribution is 7.92. The van der Waals surface area contributed by atoms with Crippen molar-refractivity contribution in [2.75, 3.05) is 4.72 Å². The van der Waals surface area contributed by atoms with Crippen LogP contribution in [0.4, 0.5) is 5.82 Å². The Morgan fingerprint density at radius 3 is 2.21 bits per heavy atom. The van der Waals surface area contributed by atoms with Gasteiger partial charge in [-0.05, 0) is 37.1 Å². The summed E-state index contributed by atoms with van der Waals surface area (Å²) in [4.78, 5) is 5.04. The summed E-state index contributed by atoms with van der Waals surface area (Å²) >= 11 is 0. The van der Waals surface area contributed by atoms with Gasteiger partial charge in [-0.3, -0.25) is 4.72 Å². The number of rotatable bonds is 5. The molecule has 7 heteroatoms. The maximum absolute atomic E-state index is 12.8. The molecular weight excluding hydrogens is 372 g/mol. The first-order chi connectivity index (χ1) is 13.0. The van der Waals surface area contributed by atoms with Gasteiger partial charge >= 0.3 is 0 Å². The van der Waals surface area contributed by atoms with E-state index in [1.807, 2.05) is 16.8 Å². The van der Waals surface area contributed by atoms with Crippen molar-refractivity contribution in [3.05, 3.63) is 48.2 Å². The van der Waals surface area contributed by atoms with Crippen LogP contribution in [0.1, 0.15) is 53.3 Å². The highest BCUT2D eigenvalue weighted by Gasteiger charge is 2.24. The number of aromatic nitrogens is 3. The molecule has 150 valence electrons. The first-order valence-corrected chi connectivity index (χ1v) is 11.0. The predicted octanol–water partition coefficient (Wildman–Crippen LogP) is 4.75. The van der Waals surface area contributed by atoms with E-state index in [0.717, 1.165) is 5.69 Å². The molecule has 3 aromatic rings. The summed E-state index contributed by atoms with van der Waals surface area (Å²) in [5.41, 5.74) is 1.52. The molecule has 2 heterocycles. The van der Waals surface area contributed by atoms with Gasteiger partial charge in [-0.15, -0.1) is 0 Å². The molecule has 0 aliphatic rings. The van der Waals surface area contributed by atoms with Crippen molar-refractivity contribution in [3.63, 3.8) is 0 Å². The quantitative estimate of drug-likeness (QED) is 0.671. The Balaban J connectivity index is 2.15. The molecule has 0 bridgehead atoms. The van der Waals surface area contributed by atoms with Crippen LogP contribution in [0, 0.1) is 5.92 Å². The fourth-order valence-corrected chi connectivity index (χ4v) is 3.90. The van der Waals surface area contributed by atoms with E-state index in [-0.39, 0.29) is 16.4 Å². The predicted molar refractivity (Wildman–Crippen MR) is 113 cm³/mol. The van der Waals surface area contributed by atoms with E-state index < -0.39 is 10.0 Å². The first-order valence-electron chi connectivity index (χ1n) is 9.48. The van der Waals surface area contributed by atoms with E-state index in [9.17, 15) is 8.42 Å². The molecule has 1 N–H and O–H groups in total. The van der Waals surface area contributed by atoms with Crippen LogP contribution in [-0.4, -0.2) is 23.2 Å². The van der Waals surface area contributed by atoms with Crippen LogP contribution in [0.15, 0.2) is 47.4 Å². The number of anilines is 1. The SMILES string of the molecule is CC(C)C(C)n1nc(NS(=O)(=O)c2ccccc2)c2ccc(C(C)(C)C)nc21. The second-order valence-corrected chi connectivity index (χ2v) is 10.2. The maximum atomic E-state index is 12.8. The molecule has 3 rings (SSSR count). The molecule has 0 saturated carbocycles. The molecule has 0 radical (unpaired) electrons. The van der Waals surface area contributed by atoms with Crippen molar-refractivity contribution >= 4 is 26.9 Å². The highest BCUT2D eigenvalue weighted by Crippen LogP contribution is 2.31. The number of sulfonamides is 1. The van der Waals surface area contributed by atoms with Gasteiger partial charge in [0.05, 0.1) is 16.3 Å². The van der Waals surface area contributed by atoms with E-state index >= 15 is 0 Å². The maximum Gasteiger partial charge on any atom is 0.263 e. The van der Waals surface area contributed by atoms with Gasteiger partial charge in [0.2, 0.25) is 0 Å². The number of fused-ring (bicyclic) bond motifs is 1. The third kappa shape index (κ3) is 3.90. The van der Waals surface area contributed by atoms with Crippen molar-refractivity contribution in [2.24, 2.45) is 5.92 Å². The third-order valence-corrected chi connectivity index (χ3v) is 6.31. The summed E-state index contributed by atoms with van der Waals surface area (Å²) in [6.07, 6.45) is 0. The molecule has 0 saturated heterocycles. The summed E-state index contributed by atoms with van der Waals surface area (Å²) in [5.74, 6) is 0.626. The summed E-state index contributed by atoms with van der Waals surface area (Å²) in [6.45, 7) is 12.6. The number of benzene rings is 1. The largest absolute Gasteiger partial charge is 0.263 e. The normalized spacial score (nSPS) is 13.8. The first kappa shape index (κ1) is 20.3. The van der Waals surface area contributed by atoms with Gasteiger partial charge in [0, 0.05) is 11.1 Å². The number of nitrogens with one attached hydrogen (secondary N) is 1. The topological polar surface area (TPSA) is 76.9 Å². The van der Waals surface area contributed by atoms with Gasteiger partial charge in [0.25, 0.3) is 10.0 Å². The molecule has 0 aliphatic carbocycles. The van der Waals surface area contributed by atoms with E-state index in [1.54, 1.807) is 30.3 Å². The minimum Gasteiger partial charge on any atom is -0.261 e. The Hall–Kier alpha value is -2.41. The third-order valence-electron chi connectivity index (χ3n) is 4.96. The van der Waals surface area contributed by atoms with E-state index in [0.29, 0.717) is 22.8 Å². The zero-order chi connectivity index (χ0) is 20.7. The molecule has 0 spiro atoms. The van der Waals surface area contributed by atoms with Crippen molar-refractivity contribution < 1.29 is 8.42 Å². The lowest BCUT2D eigenvalue weighted by atomic mass is 9.91. The zero-order valence-electron chi connectivity index (χ0n) is 17.3. The summed E-state index contributed by atoms with van der Waals surface area (Å²) in [7, 11) is -3.73. The van der Waals surface area contributed by atoms with Crippen LogP contribution in [-0.2, 0) is 15.4 Å². The van der Waals surface area contributed by atoms with Crippen molar-refractivity contribution in [2.45, 2.75) is 57.9 Å². The standard InChI is InChI=1S/C21H28N4O2S/c1-14(2)15(3)25-20-17(12-13-18(22-20)21(4,5)6)19(23-25)24-28(26,27)16-10-8-7-9-11-16/h7-15H,1-6H3,(H,23,24). The number of pyridine rings is 1. The Morgan fingerprint density at radius 2 is 1.64 bits per heavy atom. The van der Waals surface area contributed by atoms with Crippen LogP contribution < -0.4 is 4.72 Å². The lowest BCUT2D eigenvalue weighted by Crippen LogP contribution is -2.17.